The monoisotopic (exact) mass is 297 g/mol. The number of nitrogens with zero attached hydrogens (tertiary/aromatic N) is 1. The van der Waals surface area contributed by atoms with Crippen LogP contribution in [0.25, 0.3) is 6.08 Å². The Bertz CT molecular complexity index is 577. The molecule has 0 radical (unpaired) electrons. The molecule has 0 spiro atoms. The summed E-state index contributed by atoms with van der Waals surface area (Å²) in [4.78, 5) is 0. The topological polar surface area (TPSA) is 36.4 Å². The summed E-state index contributed by atoms with van der Waals surface area (Å²) in [5, 5.41) is 8.06. The van der Waals surface area contributed by atoms with Gasteiger partial charge < -0.3 is 5.32 Å². The van der Waals surface area contributed by atoms with Gasteiger partial charge in [0.15, 0.2) is 5.11 Å². The van der Waals surface area contributed by atoms with Crippen molar-refractivity contribution in [3.05, 3.63) is 54.1 Å². The van der Waals surface area contributed by atoms with Crippen LogP contribution in [-0.4, -0.2) is 17.4 Å². The predicted octanol–water partition coefficient (Wildman–Crippen LogP) is 3.11. The maximum atomic E-state index is 5.27. The zero-order chi connectivity index (χ0) is 14.5. The van der Waals surface area contributed by atoms with Crippen molar-refractivity contribution in [2.45, 2.75) is 18.9 Å². The van der Waals surface area contributed by atoms with Gasteiger partial charge in [-0.25, -0.2) is 0 Å². The van der Waals surface area contributed by atoms with Crippen molar-refractivity contribution in [3.63, 3.8) is 0 Å². The van der Waals surface area contributed by atoms with Crippen molar-refractivity contribution in [1.82, 2.24) is 10.7 Å². The van der Waals surface area contributed by atoms with Gasteiger partial charge in [-0.15, -0.1) is 0 Å². The molecule has 0 aliphatic heterocycles. The van der Waals surface area contributed by atoms with Gasteiger partial charge in [0.05, 0.1) is 0 Å². The minimum atomic E-state index is 0.468. The Labute approximate surface area is 130 Å². The Morgan fingerprint density at radius 3 is 2.76 bits per heavy atom. The first-order chi connectivity index (χ1) is 10.3. The molecule has 1 fully saturated rings. The smallest absolute Gasteiger partial charge is 0.187 e. The molecule has 21 heavy (non-hydrogen) atoms. The van der Waals surface area contributed by atoms with Crippen LogP contribution >= 0.6 is 12.2 Å². The summed E-state index contributed by atoms with van der Waals surface area (Å²) < 4.78 is 0. The van der Waals surface area contributed by atoms with E-state index in [2.05, 4.69) is 28.0 Å². The van der Waals surface area contributed by atoms with Crippen LogP contribution < -0.4 is 10.7 Å². The van der Waals surface area contributed by atoms with Crippen molar-refractivity contribution in [1.29, 1.82) is 0 Å². The van der Waals surface area contributed by atoms with E-state index in [9.17, 15) is 0 Å². The minimum absolute atomic E-state index is 0.468. The molecule has 1 aromatic rings. The van der Waals surface area contributed by atoms with Gasteiger partial charge >= 0.3 is 0 Å². The first-order valence-corrected chi connectivity index (χ1v) is 7.72. The summed E-state index contributed by atoms with van der Waals surface area (Å²) in [6, 6.07) is 10.6. The largest absolute Gasteiger partial charge is 0.358 e. The number of hydrazone groups is 1. The molecule has 0 heterocycles. The predicted molar refractivity (Wildman–Crippen MR) is 92.0 cm³/mol. The standard InChI is InChI=1S/C17H19N3S/c21-17(19-16-12-14-8-9-15(16)11-14)20-18-10-4-7-13-5-2-1-3-6-13/h1-10,14-16H,11-12H2,(H2,19,20,21)/b7-4+,18-10-/t14-,15-,16+/m1/s1. The number of thiocarbonyl (C=S) groups is 1. The third-order valence-corrected chi connectivity index (χ3v) is 4.22. The highest BCUT2D eigenvalue weighted by atomic mass is 32.1. The van der Waals surface area contributed by atoms with Gasteiger partial charge in [0.25, 0.3) is 0 Å². The second kappa shape index (κ2) is 6.68. The molecule has 2 aliphatic carbocycles. The number of benzene rings is 1. The van der Waals surface area contributed by atoms with Gasteiger partial charge in [-0.05, 0) is 48.5 Å². The lowest BCUT2D eigenvalue weighted by Gasteiger charge is -2.20. The average Bonchev–Trinajstić information content (AvgIpc) is 3.10. The van der Waals surface area contributed by atoms with Crippen LogP contribution in [0.1, 0.15) is 18.4 Å². The lowest BCUT2D eigenvalue weighted by molar-refractivity contribution is 0.521. The Kier molecular flexibility index (Phi) is 4.46. The molecule has 0 amide bonds. The number of rotatable bonds is 4. The Morgan fingerprint density at radius 2 is 2.05 bits per heavy atom. The van der Waals surface area contributed by atoms with Crippen LogP contribution in [0.4, 0.5) is 0 Å². The highest BCUT2D eigenvalue weighted by Crippen LogP contribution is 2.38. The zero-order valence-electron chi connectivity index (χ0n) is 11.8. The number of hydrogen-bond acceptors (Lipinski definition) is 2. The number of hydrogen-bond donors (Lipinski definition) is 2. The second-order valence-electron chi connectivity index (χ2n) is 5.52. The first-order valence-electron chi connectivity index (χ1n) is 7.31. The lowest BCUT2D eigenvalue weighted by Crippen LogP contribution is -2.41. The Hall–Kier alpha value is -1.94. The van der Waals surface area contributed by atoms with E-state index in [0.717, 1.165) is 11.5 Å². The fourth-order valence-corrected chi connectivity index (χ4v) is 3.21. The van der Waals surface area contributed by atoms with E-state index < -0.39 is 0 Å². The molecule has 0 unspecified atom stereocenters. The number of nitrogens with one attached hydrogen (secondary N) is 2. The molecule has 3 rings (SSSR count). The lowest BCUT2D eigenvalue weighted by atomic mass is 10.0. The molecule has 3 atom stereocenters. The molecule has 0 aromatic heterocycles. The quantitative estimate of drug-likeness (QED) is 0.388. The molecule has 2 aliphatic rings. The van der Waals surface area contributed by atoms with Crippen molar-refractivity contribution >= 4 is 29.6 Å². The maximum Gasteiger partial charge on any atom is 0.187 e. The molecule has 108 valence electrons. The van der Waals surface area contributed by atoms with E-state index in [1.54, 1.807) is 6.21 Å². The highest BCUT2D eigenvalue weighted by molar-refractivity contribution is 7.80. The van der Waals surface area contributed by atoms with Crippen LogP contribution in [0, 0.1) is 11.8 Å². The summed E-state index contributed by atoms with van der Waals surface area (Å²) >= 11 is 5.27. The van der Waals surface area contributed by atoms with E-state index in [4.69, 9.17) is 12.2 Å². The first kappa shape index (κ1) is 14.0. The van der Waals surface area contributed by atoms with E-state index in [-0.39, 0.29) is 0 Å². The summed E-state index contributed by atoms with van der Waals surface area (Å²) in [6.45, 7) is 0. The molecule has 1 aromatic carbocycles. The normalized spacial score (nSPS) is 26.8. The van der Waals surface area contributed by atoms with E-state index in [1.165, 1.54) is 12.8 Å². The van der Waals surface area contributed by atoms with Crippen LogP contribution in [0.15, 0.2) is 53.7 Å². The van der Waals surface area contributed by atoms with Gasteiger partial charge in [0.2, 0.25) is 0 Å². The van der Waals surface area contributed by atoms with Crippen molar-refractivity contribution < 1.29 is 0 Å². The number of fused-ring (bicyclic) bond motifs is 2. The molecular formula is C17H19N3S. The van der Waals surface area contributed by atoms with E-state index in [1.807, 2.05) is 42.5 Å². The minimum Gasteiger partial charge on any atom is -0.358 e. The summed E-state index contributed by atoms with van der Waals surface area (Å²) in [5.41, 5.74) is 4.02. The van der Waals surface area contributed by atoms with Crippen molar-refractivity contribution in [2.75, 3.05) is 0 Å². The molecule has 1 saturated carbocycles. The molecule has 2 bridgehead atoms. The van der Waals surface area contributed by atoms with Crippen LogP contribution in [0.2, 0.25) is 0 Å². The van der Waals surface area contributed by atoms with Gasteiger partial charge in [-0.2, -0.15) is 5.10 Å². The van der Waals surface area contributed by atoms with Gasteiger partial charge in [-0.3, -0.25) is 5.43 Å². The zero-order valence-corrected chi connectivity index (χ0v) is 12.6. The summed E-state index contributed by atoms with van der Waals surface area (Å²) in [5.74, 6) is 1.38. The van der Waals surface area contributed by atoms with E-state index >= 15 is 0 Å². The van der Waals surface area contributed by atoms with Crippen LogP contribution in [-0.2, 0) is 0 Å². The van der Waals surface area contributed by atoms with Crippen LogP contribution in [0.5, 0.6) is 0 Å². The summed E-state index contributed by atoms with van der Waals surface area (Å²) in [6.07, 6.45) is 12.7. The fraction of sp³-hybridized carbons (Fsp3) is 0.294. The average molecular weight is 297 g/mol. The highest BCUT2D eigenvalue weighted by Gasteiger charge is 2.35. The van der Waals surface area contributed by atoms with E-state index in [0.29, 0.717) is 17.1 Å². The summed E-state index contributed by atoms with van der Waals surface area (Å²) in [7, 11) is 0. The van der Waals surface area contributed by atoms with Gasteiger partial charge in [-0.1, -0.05) is 48.6 Å². The second-order valence-corrected chi connectivity index (χ2v) is 5.93. The fourth-order valence-electron chi connectivity index (χ4n) is 3.00. The SMILES string of the molecule is S=C(N/N=C\C=C\c1ccccc1)N[C@H]1C[C@@H]2C=C[C@@H]1C2. The Morgan fingerprint density at radius 1 is 1.19 bits per heavy atom. The molecule has 2 N–H and O–H groups in total. The molecule has 0 saturated heterocycles. The molecule has 3 nitrogen and oxygen atoms in total. The van der Waals surface area contributed by atoms with Crippen molar-refractivity contribution in [3.8, 4) is 0 Å². The number of allylic oxidation sites excluding steroid dienone is 2. The third kappa shape index (κ3) is 3.79. The molecular weight excluding hydrogens is 278 g/mol. The third-order valence-electron chi connectivity index (χ3n) is 4.01. The van der Waals surface area contributed by atoms with Crippen molar-refractivity contribution in [2.24, 2.45) is 16.9 Å². The molecule has 4 heteroatoms. The maximum absolute atomic E-state index is 5.27. The van der Waals surface area contributed by atoms with Gasteiger partial charge in [0.1, 0.15) is 0 Å². The van der Waals surface area contributed by atoms with Crippen LogP contribution in [0.3, 0.4) is 0 Å². The van der Waals surface area contributed by atoms with Gasteiger partial charge in [0, 0.05) is 12.3 Å². The Balaban J connectivity index is 1.40.